The van der Waals surface area contributed by atoms with E-state index in [2.05, 4.69) is 18.0 Å². The average Bonchev–Trinajstić information content (AvgIpc) is 3.13. The Hall–Kier alpha value is -1.51. The maximum atomic E-state index is 12.1. The van der Waals surface area contributed by atoms with Crippen LogP contribution in [0.25, 0.3) is 0 Å². The summed E-state index contributed by atoms with van der Waals surface area (Å²) < 4.78 is 18.8. The fourth-order valence-electron chi connectivity index (χ4n) is 5.87. The highest BCUT2D eigenvalue weighted by molar-refractivity contribution is 5.82. The zero-order valence-electron chi connectivity index (χ0n) is 18.8. The van der Waals surface area contributed by atoms with Gasteiger partial charge in [0.1, 0.15) is 5.75 Å². The minimum atomic E-state index is -1.02. The van der Waals surface area contributed by atoms with Crippen molar-refractivity contribution in [3.8, 4) is 5.75 Å². The van der Waals surface area contributed by atoms with Crippen molar-refractivity contribution in [3.05, 3.63) is 28.8 Å². The van der Waals surface area contributed by atoms with Crippen LogP contribution in [0.15, 0.2) is 12.1 Å². The third-order valence-corrected chi connectivity index (χ3v) is 7.26. The molecule has 1 saturated heterocycles. The number of aliphatic hydroxyl groups is 1. The van der Waals surface area contributed by atoms with Gasteiger partial charge in [-0.15, -0.1) is 0 Å². The fraction of sp³-hybridized carbons (Fsp3) is 0.696. The van der Waals surface area contributed by atoms with E-state index in [9.17, 15) is 9.90 Å². The molecule has 0 amide bonds. The number of nitrogens with one attached hydrogen (secondary N) is 1. The Morgan fingerprint density at radius 1 is 1.33 bits per heavy atom. The van der Waals surface area contributed by atoms with Gasteiger partial charge in [0, 0.05) is 31.7 Å². The number of carbonyl (C=O) groups excluding carboxylic acids is 1. The van der Waals surface area contributed by atoms with E-state index in [1.807, 2.05) is 19.9 Å². The molecule has 4 rings (SSSR count). The smallest absolute Gasteiger partial charge is 0.206 e. The second kappa shape index (κ2) is 8.55. The number of benzene rings is 1. The quantitative estimate of drug-likeness (QED) is 0.495. The van der Waals surface area contributed by atoms with E-state index in [0.29, 0.717) is 37.2 Å². The number of piperidine rings is 1. The number of rotatable bonds is 5. The van der Waals surface area contributed by atoms with E-state index in [1.54, 1.807) is 13.2 Å². The van der Waals surface area contributed by atoms with Crippen molar-refractivity contribution < 1.29 is 24.1 Å². The first kappa shape index (κ1) is 23.2. The van der Waals surface area contributed by atoms with Gasteiger partial charge in [0.2, 0.25) is 5.79 Å². The van der Waals surface area contributed by atoms with Crippen LogP contribution in [-0.4, -0.2) is 62.2 Å². The Bertz CT molecular complexity index is 787. The molecule has 1 spiro atoms. The monoisotopic (exact) mass is 420 g/mol. The minimum absolute atomic E-state index is 0.112. The summed E-state index contributed by atoms with van der Waals surface area (Å²) in [5.41, 5.74) is 5.26. The van der Waals surface area contributed by atoms with Gasteiger partial charge in [-0.1, -0.05) is 13.0 Å². The summed E-state index contributed by atoms with van der Waals surface area (Å²) in [5.74, 6) is -0.374. The molecule has 7 heteroatoms. The number of nitrogens with two attached hydrogens (primary N) is 1. The van der Waals surface area contributed by atoms with E-state index in [0.717, 1.165) is 30.4 Å². The van der Waals surface area contributed by atoms with E-state index in [1.165, 1.54) is 7.05 Å². The molecule has 2 fully saturated rings. The summed E-state index contributed by atoms with van der Waals surface area (Å²) in [5, 5.41) is 15.5. The van der Waals surface area contributed by atoms with Gasteiger partial charge < -0.3 is 30.4 Å². The molecule has 30 heavy (non-hydrogen) atoms. The molecule has 168 valence electrons. The lowest BCUT2D eigenvalue weighted by Gasteiger charge is -2.61. The van der Waals surface area contributed by atoms with Gasteiger partial charge >= 0.3 is 0 Å². The van der Waals surface area contributed by atoms with Gasteiger partial charge in [0.15, 0.2) is 12.4 Å². The maximum absolute atomic E-state index is 12.1. The Balaban J connectivity index is 0.00000124. The van der Waals surface area contributed by atoms with E-state index < -0.39 is 22.9 Å². The van der Waals surface area contributed by atoms with Crippen LogP contribution in [0.2, 0.25) is 0 Å². The number of aldehydes is 1. The number of aryl methyl sites for hydroxylation is 1. The van der Waals surface area contributed by atoms with Crippen molar-refractivity contribution in [3.63, 3.8) is 0 Å². The number of carbonyl (C=O) groups is 1. The Labute approximate surface area is 179 Å². The van der Waals surface area contributed by atoms with Crippen molar-refractivity contribution >= 4 is 6.29 Å². The van der Waals surface area contributed by atoms with E-state index in [4.69, 9.17) is 14.2 Å². The van der Waals surface area contributed by atoms with Gasteiger partial charge in [-0.25, -0.2) is 0 Å². The fourth-order valence-corrected chi connectivity index (χ4v) is 5.87. The van der Waals surface area contributed by atoms with Crippen LogP contribution in [0.4, 0.5) is 0 Å². The zero-order valence-corrected chi connectivity index (χ0v) is 18.8. The molecule has 1 aromatic carbocycles. The van der Waals surface area contributed by atoms with Crippen molar-refractivity contribution in [2.24, 2.45) is 5.73 Å². The molecule has 0 radical (unpaired) electrons. The van der Waals surface area contributed by atoms with Gasteiger partial charge in [0.25, 0.3) is 0 Å². The number of hydrogen-bond acceptors (Lipinski definition) is 7. The largest absolute Gasteiger partial charge is 0.483 e. The Morgan fingerprint density at radius 2 is 2.07 bits per heavy atom. The number of fused-ring (bicyclic) bond motifs is 1. The second-order valence-electron chi connectivity index (χ2n) is 8.48. The van der Waals surface area contributed by atoms with Gasteiger partial charge in [-0.05, 0) is 58.3 Å². The Morgan fingerprint density at radius 3 is 2.70 bits per heavy atom. The lowest BCUT2D eigenvalue weighted by Crippen LogP contribution is -2.77. The summed E-state index contributed by atoms with van der Waals surface area (Å²) >= 11 is 0. The predicted molar refractivity (Wildman–Crippen MR) is 115 cm³/mol. The first-order valence-electron chi connectivity index (χ1n) is 10.9. The molecule has 2 aliphatic heterocycles. The van der Waals surface area contributed by atoms with E-state index in [-0.39, 0.29) is 6.04 Å². The zero-order chi connectivity index (χ0) is 22.2. The van der Waals surface area contributed by atoms with Crippen molar-refractivity contribution in [1.29, 1.82) is 0 Å². The standard InChI is InChI=1S/C22H31NO5.CH5N/c1-5-12-27-22(26-4)9-8-21(25)15(3)23-11-10-20(21)17-14(2)6-7-16(13-24)18(17)28-19(20)22;1-2/h6-7,13,15,19,23,25H,5,8-12H2,1-4H3;2H2,1H3. The van der Waals surface area contributed by atoms with Crippen molar-refractivity contribution in [2.75, 3.05) is 27.3 Å². The van der Waals surface area contributed by atoms with Crippen molar-refractivity contribution in [1.82, 2.24) is 5.32 Å². The van der Waals surface area contributed by atoms with E-state index >= 15 is 0 Å². The summed E-state index contributed by atoms with van der Waals surface area (Å²) in [6, 6.07) is 3.63. The lowest BCUT2D eigenvalue weighted by molar-refractivity contribution is -0.319. The first-order chi connectivity index (χ1) is 14.4. The Kier molecular flexibility index (Phi) is 6.60. The van der Waals surface area contributed by atoms with Crippen LogP contribution < -0.4 is 15.8 Å². The number of methoxy groups -OCH3 is 1. The molecule has 5 atom stereocenters. The third-order valence-electron chi connectivity index (χ3n) is 7.26. The molecule has 1 aromatic rings. The molecule has 1 aliphatic carbocycles. The summed E-state index contributed by atoms with van der Waals surface area (Å²) in [6.45, 7) is 7.41. The summed E-state index contributed by atoms with van der Waals surface area (Å²) in [4.78, 5) is 11.8. The highest BCUT2D eigenvalue weighted by Crippen LogP contribution is 2.63. The summed E-state index contributed by atoms with van der Waals surface area (Å²) in [6.07, 6.45) is 2.92. The molecule has 0 aromatic heterocycles. The molecule has 1 saturated carbocycles. The molecule has 5 unspecified atom stereocenters. The maximum Gasteiger partial charge on any atom is 0.206 e. The average molecular weight is 421 g/mol. The highest BCUT2D eigenvalue weighted by atomic mass is 16.7. The van der Waals surface area contributed by atoms with Crippen molar-refractivity contribution in [2.45, 2.75) is 75.4 Å². The van der Waals surface area contributed by atoms with Gasteiger partial charge in [0.05, 0.1) is 16.6 Å². The number of hydrogen-bond donors (Lipinski definition) is 3. The van der Waals surface area contributed by atoms with Gasteiger partial charge in [-0.3, -0.25) is 4.79 Å². The lowest BCUT2D eigenvalue weighted by atomic mass is 9.51. The molecule has 3 aliphatic rings. The topological polar surface area (TPSA) is 103 Å². The molecular formula is C23H36N2O5. The molecule has 2 heterocycles. The first-order valence-corrected chi connectivity index (χ1v) is 10.9. The SMILES string of the molecule is CCCOC1(OC)CCC2(O)C(C)NCCC23c2c(C)ccc(C=O)c2OC13.CN. The molecular weight excluding hydrogens is 384 g/mol. The predicted octanol–water partition coefficient (Wildman–Crippen LogP) is 2.06. The normalized spacial score (nSPS) is 36.5. The van der Waals surface area contributed by atoms with Gasteiger partial charge in [-0.2, -0.15) is 0 Å². The highest BCUT2D eigenvalue weighted by Gasteiger charge is 2.73. The third kappa shape index (κ3) is 2.94. The number of ether oxygens (including phenoxy) is 3. The van der Waals surface area contributed by atoms with Crippen LogP contribution in [0.5, 0.6) is 5.75 Å². The van der Waals surface area contributed by atoms with Crippen LogP contribution in [0, 0.1) is 6.92 Å². The van der Waals surface area contributed by atoms with Crippen LogP contribution in [0.3, 0.4) is 0 Å². The molecule has 4 N–H and O–H groups in total. The minimum Gasteiger partial charge on any atom is -0.483 e. The van der Waals surface area contributed by atoms with Crippen LogP contribution >= 0.6 is 0 Å². The molecule has 7 nitrogen and oxygen atoms in total. The molecule has 0 bridgehead atoms. The van der Waals surface area contributed by atoms with Crippen LogP contribution in [-0.2, 0) is 14.9 Å². The van der Waals surface area contributed by atoms with Crippen LogP contribution in [0.1, 0.15) is 61.0 Å². The second-order valence-corrected chi connectivity index (χ2v) is 8.48. The summed E-state index contributed by atoms with van der Waals surface area (Å²) in [7, 11) is 3.15.